The highest BCUT2D eigenvalue weighted by atomic mass is 19.4. The molecule has 3 heterocycles. The fourth-order valence-electron chi connectivity index (χ4n) is 4.23. The van der Waals surface area contributed by atoms with Gasteiger partial charge >= 0.3 is 6.18 Å². The first-order valence-electron chi connectivity index (χ1n) is 11.6. The molecule has 0 saturated carbocycles. The van der Waals surface area contributed by atoms with Gasteiger partial charge in [-0.05, 0) is 43.5 Å². The number of hydrogen-bond donors (Lipinski definition) is 3. The van der Waals surface area contributed by atoms with Gasteiger partial charge in [0.05, 0.1) is 0 Å². The van der Waals surface area contributed by atoms with Crippen LogP contribution in [0.3, 0.4) is 0 Å². The lowest BCUT2D eigenvalue weighted by Gasteiger charge is -2.30. The number of carbonyl (C=O) groups is 1. The van der Waals surface area contributed by atoms with Crippen LogP contribution in [0.5, 0.6) is 0 Å². The molecule has 0 spiro atoms. The average Bonchev–Trinajstić information content (AvgIpc) is 3.22. The minimum Gasteiger partial charge on any atom is -0.369 e. The highest BCUT2D eigenvalue weighted by Gasteiger charge is 2.35. The van der Waals surface area contributed by atoms with Gasteiger partial charge in [-0.25, -0.2) is 4.98 Å². The Morgan fingerprint density at radius 3 is 2.65 bits per heavy atom. The molecule has 2 saturated heterocycles. The van der Waals surface area contributed by atoms with E-state index in [4.69, 9.17) is 0 Å². The third-order valence-electron chi connectivity index (χ3n) is 6.10. The lowest BCUT2D eigenvalue weighted by molar-refractivity contribution is -0.137. The molecular weight excluding hydrogens is 447 g/mol. The molecule has 2 fully saturated rings. The molecule has 8 nitrogen and oxygen atoms in total. The van der Waals surface area contributed by atoms with Crippen LogP contribution in [0.15, 0.2) is 24.4 Å². The Bertz CT molecular complexity index is 1010. The van der Waals surface area contributed by atoms with Crippen LogP contribution in [-0.4, -0.2) is 66.6 Å². The van der Waals surface area contributed by atoms with Gasteiger partial charge in [-0.2, -0.15) is 18.2 Å². The van der Waals surface area contributed by atoms with Gasteiger partial charge in [-0.1, -0.05) is 0 Å². The van der Waals surface area contributed by atoms with Gasteiger partial charge in [0.15, 0.2) is 0 Å². The Kier molecular flexibility index (Phi) is 7.40. The minimum absolute atomic E-state index is 0.0863. The molecule has 2 aromatic rings. The van der Waals surface area contributed by atoms with Crippen molar-refractivity contribution in [3.05, 3.63) is 35.5 Å². The second-order valence-corrected chi connectivity index (χ2v) is 8.58. The number of anilines is 4. The van der Waals surface area contributed by atoms with Gasteiger partial charge in [-0.15, -0.1) is 0 Å². The zero-order chi connectivity index (χ0) is 24.1. The number of piperazine rings is 1. The van der Waals surface area contributed by atoms with E-state index in [-0.39, 0.29) is 24.2 Å². The summed E-state index contributed by atoms with van der Waals surface area (Å²) < 4.78 is 40.5. The van der Waals surface area contributed by atoms with E-state index in [1.165, 1.54) is 0 Å². The summed E-state index contributed by atoms with van der Waals surface area (Å²) in [6.45, 7) is 7.15. The van der Waals surface area contributed by atoms with Gasteiger partial charge in [-0.3, -0.25) is 4.79 Å². The summed E-state index contributed by atoms with van der Waals surface area (Å²) in [4.78, 5) is 23.8. The molecule has 0 unspecified atom stereocenters. The molecule has 1 amide bonds. The highest BCUT2D eigenvalue weighted by Crippen LogP contribution is 2.34. The van der Waals surface area contributed by atoms with Crippen molar-refractivity contribution in [3.8, 4) is 0 Å². The molecule has 0 bridgehead atoms. The largest absolute Gasteiger partial charge is 0.421 e. The normalized spacial score (nSPS) is 16.8. The maximum Gasteiger partial charge on any atom is 0.421 e. The number of aryl methyl sites for hydroxylation is 1. The summed E-state index contributed by atoms with van der Waals surface area (Å²) in [5.74, 6) is -0.0843. The van der Waals surface area contributed by atoms with E-state index in [1.54, 1.807) is 4.90 Å². The Morgan fingerprint density at radius 2 is 1.97 bits per heavy atom. The van der Waals surface area contributed by atoms with Crippen molar-refractivity contribution < 1.29 is 18.0 Å². The monoisotopic (exact) mass is 477 g/mol. The van der Waals surface area contributed by atoms with E-state index in [2.05, 4.69) is 36.9 Å². The summed E-state index contributed by atoms with van der Waals surface area (Å²) in [5.41, 5.74) is 1.87. The van der Waals surface area contributed by atoms with E-state index < -0.39 is 11.7 Å². The molecule has 1 aromatic heterocycles. The fourth-order valence-corrected chi connectivity index (χ4v) is 4.23. The zero-order valence-electron chi connectivity index (χ0n) is 19.2. The Morgan fingerprint density at radius 1 is 1.18 bits per heavy atom. The molecule has 184 valence electrons. The predicted molar refractivity (Wildman–Crippen MR) is 125 cm³/mol. The smallest absolute Gasteiger partial charge is 0.369 e. The van der Waals surface area contributed by atoms with Gasteiger partial charge in [0.25, 0.3) is 0 Å². The first-order chi connectivity index (χ1) is 16.3. The number of nitrogens with one attached hydrogen (secondary N) is 3. The molecule has 34 heavy (non-hydrogen) atoms. The maximum atomic E-state index is 13.5. The molecule has 11 heteroatoms. The Labute approximate surface area is 196 Å². The zero-order valence-corrected chi connectivity index (χ0v) is 19.2. The first kappa shape index (κ1) is 24.1. The number of carbonyl (C=O) groups excluding carboxylic acids is 1. The van der Waals surface area contributed by atoms with Crippen LogP contribution in [0.2, 0.25) is 0 Å². The Hall–Kier alpha value is -3.08. The summed E-state index contributed by atoms with van der Waals surface area (Å²) in [6, 6.07) is 5.94. The standard InChI is InChI=1S/C23H30F3N7O/c1-16-14-17(32-12-8-27-9-13-32)5-6-19(16)30-22-29-15-18(23(24,25)26)21(31-22)28-7-3-11-33-10-2-4-20(33)34/h5-6,14-15,27H,2-4,7-13H2,1H3,(H2,28,29,30,31). The molecule has 0 aliphatic carbocycles. The number of hydrogen-bond acceptors (Lipinski definition) is 7. The molecular formula is C23H30F3N7O. The minimum atomic E-state index is -4.58. The van der Waals surface area contributed by atoms with E-state index in [9.17, 15) is 18.0 Å². The number of aromatic nitrogens is 2. The van der Waals surface area contributed by atoms with Crippen molar-refractivity contribution in [3.63, 3.8) is 0 Å². The molecule has 1 aromatic carbocycles. The lowest BCUT2D eigenvalue weighted by atomic mass is 10.1. The van der Waals surface area contributed by atoms with Gasteiger partial charge in [0.1, 0.15) is 11.4 Å². The lowest BCUT2D eigenvalue weighted by Crippen LogP contribution is -2.43. The number of likely N-dealkylation sites (tertiary alicyclic amines) is 1. The van der Waals surface area contributed by atoms with Gasteiger partial charge in [0.2, 0.25) is 11.9 Å². The first-order valence-corrected chi connectivity index (χ1v) is 11.6. The highest BCUT2D eigenvalue weighted by molar-refractivity contribution is 5.78. The van der Waals surface area contributed by atoms with E-state index >= 15 is 0 Å². The van der Waals surface area contributed by atoms with Crippen molar-refractivity contribution in [2.24, 2.45) is 0 Å². The molecule has 2 aliphatic rings. The number of nitrogens with zero attached hydrogens (tertiary/aromatic N) is 4. The van der Waals surface area contributed by atoms with E-state index in [0.29, 0.717) is 25.9 Å². The second kappa shape index (κ2) is 10.5. The topological polar surface area (TPSA) is 85.4 Å². The average molecular weight is 478 g/mol. The third kappa shape index (κ3) is 5.88. The summed E-state index contributed by atoms with van der Waals surface area (Å²) in [6.07, 6.45) is -1.87. The van der Waals surface area contributed by atoms with E-state index in [0.717, 1.165) is 55.7 Å². The van der Waals surface area contributed by atoms with Crippen LogP contribution in [0, 0.1) is 6.92 Å². The number of alkyl halides is 3. The van der Waals surface area contributed by atoms with Crippen LogP contribution in [0.4, 0.5) is 36.3 Å². The van der Waals surface area contributed by atoms with Crippen LogP contribution in [0.1, 0.15) is 30.4 Å². The van der Waals surface area contributed by atoms with Crippen LogP contribution in [-0.2, 0) is 11.0 Å². The summed E-state index contributed by atoms with van der Waals surface area (Å²) >= 11 is 0. The van der Waals surface area contributed by atoms with Gasteiger partial charge < -0.3 is 25.8 Å². The molecule has 3 N–H and O–H groups in total. The Balaban J connectivity index is 1.44. The quantitative estimate of drug-likeness (QED) is 0.503. The van der Waals surface area contributed by atoms with Crippen LogP contribution >= 0.6 is 0 Å². The fraction of sp³-hybridized carbons (Fsp3) is 0.522. The van der Waals surface area contributed by atoms with Crippen molar-refractivity contribution in [2.45, 2.75) is 32.4 Å². The third-order valence-corrected chi connectivity index (χ3v) is 6.10. The number of halogens is 3. The summed E-state index contributed by atoms with van der Waals surface area (Å²) in [5, 5.41) is 9.16. The second-order valence-electron chi connectivity index (χ2n) is 8.58. The molecule has 0 atom stereocenters. The molecule has 4 rings (SSSR count). The van der Waals surface area contributed by atoms with Crippen LogP contribution < -0.4 is 20.9 Å². The number of amides is 1. The van der Waals surface area contributed by atoms with Crippen molar-refractivity contribution in [1.82, 2.24) is 20.2 Å². The SMILES string of the molecule is Cc1cc(N2CCNCC2)ccc1Nc1ncc(C(F)(F)F)c(NCCCN2CCCC2=O)n1. The predicted octanol–water partition coefficient (Wildman–Crippen LogP) is 3.38. The van der Waals surface area contributed by atoms with Crippen molar-refractivity contribution in [1.29, 1.82) is 0 Å². The number of benzene rings is 1. The van der Waals surface area contributed by atoms with Crippen molar-refractivity contribution >= 4 is 29.0 Å². The molecule has 2 aliphatic heterocycles. The number of rotatable bonds is 8. The van der Waals surface area contributed by atoms with Crippen molar-refractivity contribution in [2.75, 3.05) is 61.3 Å². The molecule has 0 radical (unpaired) electrons. The van der Waals surface area contributed by atoms with Crippen LogP contribution in [0.25, 0.3) is 0 Å². The van der Waals surface area contributed by atoms with E-state index in [1.807, 2.05) is 19.1 Å². The van der Waals surface area contributed by atoms with Gasteiger partial charge in [0, 0.05) is 69.8 Å². The summed E-state index contributed by atoms with van der Waals surface area (Å²) in [7, 11) is 0. The maximum absolute atomic E-state index is 13.5.